The number of halogens is 1. The Morgan fingerprint density at radius 1 is 1.19 bits per heavy atom. The van der Waals surface area contributed by atoms with Crippen molar-refractivity contribution in [3.63, 3.8) is 0 Å². The van der Waals surface area contributed by atoms with Crippen LogP contribution in [0.2, 0.25) is 5.02 Å². The number of hydrogen-bond acceptors (Lipinski definition) is 2. The molecular formula is C13H21ClN2. The van der Waals surface area contributed by atoms with Gasteiger partial charge in [-0.05, 0) is 30.0 Å². The van der Waals surface area contributed by atoms with Crippen molar-refractivity contribution in [3.05, 3.63) is 34.9 Å². The Labute approximate surface area is 103 Å². The molecule has 0 saturated carbocycles. The molecule has 90 valence electrons. The molecule has 1 atom stereocenters. The second-order valence-corrected chi connectivity index (χ2v) is 5.03. The standard InChI is InChI=1S/C13H21ClN2/c1-10(2)4-3-5-13(16-15)11-6-8-12(14)9-7-11/h6-10,13,16H,3-5,15H2,1-2H3. The van der Waals surface area contributed by atoms with Crippen LogP contribution in [0.5, 0.6) is 0 Å². The van der Waals surface area contributed by atoms with Gasteiger partial charge in [-0.15, -0.1) is 0 Å². The van der Waals surface area contributed by atoms with Crippen LogP contribution in [0, 0.1) is 5.92 Å². The Hall–Kier alpha value is -0.570. The number of hydrogen-bond donors (Lipinski definition) is 2. The van der Waals surface area contributed by atoms with Crippen LogP contribution in [-0.2, 0) is 0 Å². The first-order valence-corrected chi connectivity index (χ1v) is 6.23. The van der Waals surface area contributed by atoms with Gasteiger partial charge in [0.1, 0.15) is 0 Å². The monoisotopic (exact) mass is 240 g/mol. The van der Waals surface area contributed by atoms with Gasteiger partial charge in [0.15, 0.2) is 0 Å². The second-order valence-electron chi connectivity index (χ2n) is 4.60. The highest BCUT2D eigenvalue weighted by molar-refractivity contribution is 6.30. The molecule has 1 aromatic carbocycles. The molecular weight excluding hydrogens is 220 g/mol. The first kappa shape index (κ1) is 13.5. The summed E-state index contributed by atoms with van der Waals surface area (Å²) < 4.78 is 0. The average molecular weight is 241 g/mol. The summed E-state index contributed by atoms with van der Waals surface area (Å²) in [7, 11) is 0. The third kappa shape index (κ3) is 4.52. The molecule has 0 aliphatic rings. The van der Waals surface area contributed by atoms with Crippen molar-refractivity contribution >= 4 is 11.6 Å². The van der Waals surface area contributed by atoms with Gasteiger partial charge in [0, 0.05) is 11.1 Å². The van der Waals surface area contributed by atoms with Gasteiger partial charge >= 0.3 is 0 Å². The van der Waals surface area contributed by atoms with Crippen LogP contribution in [0.15, 0.2) is 24.3 Å². The zero-order valence-corrected chi connectivity index (χ0v) is 10.8. The minimum atomic E-state index is 0.232. The topological polar surface area (TPSA) is 38.0 Å². The molecule has 0 radical (unpaired) electrons. The third-order valence-electron chi connectivity index (χ3n) is 2.75. The van der Waals surface area contributed by atoms with Gasteiger partial charge < -0.3 is 0 Å². The predicted octanol–water partition coefficient (Wildman–Crippen LogP) is 3.67. The van der Waals surface area contributed by atoms with Gasteiger partial charge in [0.2, 0.25) is 0 Å². The Kier molecular flexibility index (Phi) is 5.81. The Balaban J connectivity index is 2.50. The SMILES string of the molecule is CC(C)CCCC(NN)c1ccc(Cl)cc1. The van der Waals surface area contributed by atoms with E-state index in [0.717, 1.165) is 17.4 Å². The summed E-state index contributed by atoms with van der Waals surface area (Å²) in [4.78, 5) is 0. The quantitative estimate of drug-likeness (QED) is 0.588. The van der Waals surface area contributed by atoms with Gasteiger partial charge in [0.25, 0.3) is 0 Å². The molecule has 0 aromatic heterocycles. The predicted molar refractivity (Wildman–Crippen MR) is 70.2 cm³/mol. The second kappa shape index (κ2) is 6.89. The van der Waals surface area contributed by atoms with Crippen LogP contribution in [-0.4, -0.2) is 0 Å². The molecule has 0 spiro atoms. The van der Waals surface area contributed by atoms with E-state index in [1.807, 2.05) is 24.3 Å². The molecule has 0 aliphatic carbocycles. The van der Waals surface area contributed by atoms with E-state index in [9.17, 15) is 0 Å². The normalized spacial score (nSPS) is 13.1. The molecule has 0 saturated heterocycles. The zero-order valence-electron chi connectivity index (χ0n) is 10.0. The van der Waals surface area contributed by atoms with Gasteiger partial charge in [0.05, 0.1) is 0 Å². The van der Waals surface area contributed by atoms with E-state index in [1.54, 1.807) is 0 Å². The summed E-state index contributed by atoms with van der Waals surface area (Å²) in [5.74, 6) is 6.33. The van der Waals surface area contributed by atoms with Crippen LogP contribution in [0.4, 0.5) is 0 Å². The molecule has 0 heterocycles. The van der Waals surface area contributed by atoms with Crippen molar-refractivity contribution in [2.24, 2.45) is 11.8 Å². The maximum Gasteiger partial charge on any atom is 0.0460 e. The smallest absolute Gasteiger partial charge is 0.0460 e. The van der Waals surface area contributed by atoms with Crippen LogP contribution in [0.1, 0.15) is 44.7 Å². The molecule has 0 bridgehead atoms. The van der Waals surface area contributed by atoms with E-state index in [2.05, 4.69) is 19.3 Å². The molecule has 3 N–H and O–H groups in total. The molecule has 1 unspecified atom stereocenters. The summed E-state index contributed by atoms with van der Waals surface area (Å²) in [5.41, 5.74) is 4.07. The number of nitrogens with one attached hydrogen (secondary N) is 1. The molecule has 1 aromatic rings. The minimum Gasteiger partial charge on any atom is -0.271 e. The highest BCUT2D eigenvalue weighted by atomic mass is 35.5. The summed E-state index contributed by atoms with van der Waals surface area (Å²) in [5, 5.41) is 0.765. The summed E-state index contributed by atoms with van der Waals surface area (Å²) in [6.45, 7) is 4.49. The van der Waals surface area contributed by atoms with Crippen molar-refractivity contribution in [3.8, 4) is 0 Å². The highest BCUT2D eigenvalue weighted by Crippen LogP contribution is 2.21. The van der Waals surface area contributed by atoms with E-state index in [1.165, 1.54) is 18.4 Å². The highest BCUT2D eigenvalue weighted by Gasteiger charge is 2.09. The fraction of sp³-hybridized carbons (Fsp3) is 0.538. The average Bonchev–Trinajstić information content (AvgIpc) is 2.26. The summed E-state index contributed by atoms with van der Waals surface area (Å²) >= 11 is 5.85. The number of rotatable bonds is 6. The van der Waals surface area contributed by atoms with Crippen LogP contribution in [0.25, 0.3) is 0 Å². The largest absolute Gasteiger partial charge is 0.271 e. The lowest BCUT2D eigenvalue weighted by molar-refractivity contribution is 0.455. The summed E-state index contributed by atoms with van der Waals surface area (Å²) in [6.07, 6.45) is 3.50. The van der Waals surface area contributed by atoms with Crippen molar-refractivity contribution in [2.75, 3.05) is 0 Å². The third-order valence-corrected chi connectivity index (χ3v) is 3.00. The number of benzene rings is 1. The first-order chi connectivity index (χ1) is 7.63. The molecule has 0 aliphatic heterocycles. The van der Waals surface area contributed by atoms with E-state index in [-0.39, 0.29) is 6.04 Å². The van der Waals surface area contributed by atoms with E-state index >= 15 is 0 Å². The van der Waals surface area contributed by atoms with Crippen LogP contribution in [0.3, 0.4) is 0 Å². The van der Waals surface area contributed by atoms with E-state index in [0.29, 0.717) is 0 Å². The Morgan fingerprint density at radius 3 is 2.31 bits per heavy atom. The number of hydrazine groups is 1. The molecule has 16 heavy (non-hydrogen) atoms. The lowest BCUT2D eigenvalue weighted by Crippen LogP contribution is -2.28. The maximum atomic E-state index is 5.85. The van der Waals surface area contributed by atoms with Crippen molar-refractivity contribution in [1.82, 2.24) is 5.43 Å². The zero-order chi connectivity index (χ0) is 12.0. The van der Waals surface area contributed by atoms with E-state index < -0.39 is 0 Å². The molecule has 0 amide bonds. The number of nitrogens with two attached hydrogens (primary N) is 1. The van der Waals surface area contributed by atoms with Crippen molar-refractivity contribution < 1.29 is 0 Å². The lowest BCUT2D eigenvalue weighted by atomic mass is 9.98. The molecule has 0 fully saturated rings. The maximum absolute atomic E-state index is 5.85. The van der Waals surface area contributed by atoms with Gasteiger partial charge in [-0.2, -0.15) is 0 Å². The fourth-order valence-electron chi connectivity index (χ4n) is 1.77. The van der Waals surface area contributed by atoms with E-state index in [4.69, 9.17) is 17.4 Å². The Morgan fingerprint density at radius 2 is 1.81 bits per heavy atom. The summed E-state index contributed by atoms with van der Waals surface area (Å²) in [6, 6.07) is 8.11. The first-order valence-electron chi connectivity index (χ1n) is 5.85. The van der Waals surface area contributed by atoms with Crippen LogP contribution >= 0.6 is 11.6 Å². The fourth-order valence-corrected chi connectivity index (χ4v) is 1.90. The molecule has 1 rings (SSSR count). The Bertz CT molecular complexity index is 295. The van der Waals surface area contributed by atoms with Crippen molar-refractivity contribution in [2.45, 2.75) is 39.2 Å². The van der Waals surface area contributed by atoms with Gasteiger partial charge in [-0.1, -0.05) is 50.4 Å². The van der Waals surface area contributed by atoms with Gasteiger partial charge in [-0.3, -0.25) is 11.3 Å². The van der Waals surface area contributed by atoms with Crippen molar-refractivity contribution in [1.29, 1.82) is 0 Å². The van der Waals surface area contributed by atoms with Gasteiger partial charge in [-0.25, -0.2) is 0 Å². The lowest BCUT2D eigenvalue weighted by Gasteiger charge is -2.16. The van der Waals surface area contributed by atoms with Crippen LogP contribution < -0.4 is 11.3 Å². The minimum absolute atomic E-state index is 0.232. The molecule has 3 heteroatoms. The molecule has 2 nitrogen and oxygen atoms in total.